The Morgan fingerprint density at radius 1 is 0.871 bits per heavy atom. The second-order valence-electron chi connectivity index (χ2n) is 8.41. The average Bonchev–Trinajstić information content (AvgIpc) is 2.79. The predicted octanol–water partition coefficient (Wildman–Crippen LogP) is 3.27. The third-order valence-corrected chi connectivity index (χ3v) is 5.56. The van der Waals surface area contributed by atoms with E-state index in [0.717, 1.165) is 32.2 Å². The van der Waals surface area contributed by atoms with E-state index in [2.05, 4.69) is 40.6 Å². The topological polar surface area (TPSA) is 85.8 Å². The second kappa shape index (κ2) is 13.6. The fourth-order valence-corrected chi connectivity index (χ4v) is 3.77. The normalized spacial score (nSPS) is 12.0. The highest BCUT2D eigenvalue weighted by molar-refractivity contribution is 5.87. The van der Waals surface area contributed by atoms with Crippen LogP contribution in [0.5, 0.6) is 0 Å². The van der Waals surface area contributed by atoms with E-state index < -0.39 is 6.04 Å². The van der Waals surface area contributed by atoms with Gasteiger partial charge in [0.1, 0.15) is 6.04 Å². The molecule has 5 heteroatoms. The molecule has 0 fully saturated rings. The zero-order valence-corrected chi connectivity index (χ0v) is 19.0. The van der Waals surface area contributed by atoms with E-state index in [1.54, 1.807) is 0 Å². The molecule has 5 nitrogen and oxygen atoms in total. The maximum absolute atomic E-state index is 12.8. The number of carbonyl (C=O) groups excluding carboxylic acids is 2. The number of nitrogens with one attached hydrogen (secondary N) is 2. The van der Waals surface area contributed by atoms with E-state index in [4.69, 9.17) is 0 Å². The third kappa shape index (κ3) is 8.54. The van der Waals surface area contributed by atoms with Crippen LogP contribution in [-0.2, 0) is 9.59 Å². The van der Waals surface area contributed by atoms with Gasteiger partial charge in [-0.25, -0.2) is 0 Å². The first-order valence-electron chi connectivity index (χ1n) is 11.5. The molecule has 168 valence electrons. The van der Waals surface area contributed by atoms with Crippen molar-refractivity contribution in [3.8, 4) is 0 Å². The van der Waals surface area contributed by atoms with Crippen LogP contribution in [0.3, 0.4) is 0 Å². The lowest BCUT2D eigenvalue weighted by Gasteiger charge is -2.23. The SMILES string of the molecule is CC(C)[C@@H](NC(=O)CCCCC[NH3+])C(=O)NCCC(c1ccccc1)c1ccccc1. The molecule has 31 heavy (non-hydrogen) atoms. The number of benzene rings is 2. The molecule has 5 N–H and O–H groups in total. The molecule has 0 aliphatic rings. The molecule has 2 aromatic rings. The van der Waals surface area contributed by atoms with Crippen LogP contribution in [0.1, 0.15) is 63.0 Å². The van der Waals surface area contributed by atoms with Crippen LogP contribution >= 0.6 is 0 Å². The van der Waals surface area contributed by atoms with Crippen LogP contribution in [-0.4, -0.2) is 30.9 Å². The van der Waals surface area contributed by atoms with E-state index >= 15 is 0 Å². The summed E-state index contributed by atoms with van der Waals surface area (Å²) in [6, 6.07) is 20.2. The molecule has 0 aliphatic carbocycles. The van der Waals surface area contributed by atoms with Gasteiger partial charge in [0.25, 0.3) is 0 Å². The summed E-state index contributed by atoms with van der Waals surface area (Å²) in [6.07, 6.45) is 4.12. The molecule has 0 aliphatic heterocycles. The van der Waals surface area contributed by atoms with Gasteiger partial charge >= 0.3 is 0 Å². The summed E-state index contributed by atoms with van der Waals surface area (Å²) in [5.41, 5.74) is 6.29. The zero-order chi connectivity index (χ0) is 22.5. The summed E-state index contributed by atoms with van der Waals surface area (Å²) >= 11 is 0. The number of hydrogen-bond donors (Lipinski definition) is 3. The summed E-state index contributed by atoms with van der Waals surface area (Å²) in [5.74, 6) is 0.0797. The molecule has 2 rings (SSSR count). The third-order valence-electron chi connectivity index (χ3n) is 5.56. The fourth-order valence-electron chi connectivity index (χ4n) is 3.77. The Morgan fingerprint density at radius 3 is 1.97 bits per heavy atom. The molecular weight excluding hydrogens is 386 g/mol. The Morgan fingerprint density at radius 2 is 1.45 bits per heavy atom. The summed E-state index contributed by atoms with van der Waals surface area (Å²) < 4.78 is 0. The largest absolute Gasteiger partial charge is 0.358 e. The number of rotatable bonds is 13. The van der Waals surface area contributed by atoms with Crippen molar-refractivity contribution < 1.29 is 15.3 Å². The first kappa shape index (κ1) is 24.6. The lowest BCUT2D eigenvalue weighted by atomic mass is 9.88. The molecular formula is C26H38N3O2+. The number of unbranched alkanes of at least 4 members (excludes halogenated alkanes) is 2. The van der Waals surface area contributed by atoms with Crippen LogP contribution < -0.4 is 16.4 Å². The smallest absolute Gasteiger partial charge is 0.242 e. The van der Waals surface area contributed by atoms with Gasteiger partial charge in [-0.1, -0.05) is 74.5 Å². The molecule has 0 bridgehead atoms. The first-order chi connectivity index (χ1) is 15.0. The van der Waals surface area contributed by atoms with E-state index in [9.17, 15) is 9.59 Å². The van der Waals surface area contributed by atoms with Gasteiger partial charge in [-0.2, -0.15) is 0 Å². The van der Waals surface area contributed by atoms with Crippen molar-refractivity contribution in [1.29, 1.82) is 0 Å². The van der Waals surface area contributed by atoms with Crippen LogP contribution in [0, 0.1) is 5.92 Å². The molecule has 0 saturated heterocycles. The van der Waals surface area contributed by atoms with Gasteiger partial charge in [-0.05, 0) is 42.7 Å². The summed E-state index contributed by atoms with van der Waals surface area (Å²) in [4.78, 5) is 25.1. The Kier molecular flexibility index (Phi) is 10.8. The minimum absolute atomic E-state index is 0.0304. The highest BCUT2D eigenvalue weighted by Gasteiger charge is 2.24. The van der Waals surface area contributed by atoms with Crippen molar-refractivity contribution in [3.05, 3.63) is 71.8 Å². The molecule has 0 unspecified atom stereocenters. The number of quaternary nitrogens is 1. The Labute approximate surface area is 186 Å². The molecule has 0 radical (unpaired) electrons. The summed E-state index contributed by atoms with van der Waals surface area (Å²) in [5, 5.41) is 5.98. The van der Waals surface area contributed by atoms with Crippen molar-refractivity contribution >= 4 is 11.8 Å². The van der Waals surface area contributed by atoms with Crippen LogP contribution in [0.25, 0.3) is 0 Å². The Balaban J connectivity index is 1.92. The molecule has 2 aromatic carbocycles. The van der Waals surface area contributed by atoms with Gasteiger partial charge in [0.15, 0.2) is 0 Å². The van der Waals surface area contributed by atoms with Gasteiger partial charge in [-0.15, -0.1) is 0 Å². The predicted molar refractivity (Wildman–Crippen MR) is 125 cm³/mol. The average molecular weight is 425 g/mol. The molecule has 0 saturated carbocycles. The van der Waals surface area contributed by atoms with Crippen molar-refractivity contribution in [2.24, 2.45) is 5.92 Å². The minimum Gasteiger partial charge on any atom is -0.358 e. The van der Waals surface area contributed by atoms with Crippen molar-refractivity contribution in [1.82, 2.24) is 10.6 Å². The Bertz CT molecular complexity index is 738. The van der Waals surface area contributed by atoms with Gasteiger partial charge in [0.05, 0.1) is 6.54 Å². The van der Waals surface area contributed by atoms with Crippen LogP contribution in [0.2, 0.25) is 0 Å². The van der Waals surface area contributed by atoms with Crippen LogP contribution in [0.4, 0.5) is 0 Å². The van der Waals surface area contributed by atoms with Gasteiger partial charge in [-0.3, -0.25) is 9.59 Å². The highest BCUT2D eigenvalue weighted by Crippen LogP contribution is 2.27. The number of amides is 2. The van der Waals surface area contributed by atoms with E-state index in [1.165, 1.54) is 11.1 Å². The molecule has 0 heterocycles. The van der Waals surface area contributed by atoms with Crippen molar-refractivity contribution in [3.63, 3.8) is 0 Å². The fraction of sp³-hybridized carbons (Fsp3) is 0.462. The maximum atomic E-state index is 12.8. The number of hydrogen-bond acceptors (Lipinski definition) is 2. The quantitative estimate of drug-likeness (QED) is 0.431. The monoisotopic (exact) mass is 424 g/mol. The zero-order valence-electron chi connectivity index (χ0n) is 19.0. The van der Waals surface area contributed by atoms with E-state index in [-0.39, 0.29) is 23.7 Å². The lowest BCUT2D eigenvalue weighted by molar-refractivity contribution is -0.368. The standard InChI is InChI=1S/C26H37N3O2/c1-20(2)25(29-24(30)16-10-5-11-18-27)26(31)28-19-17-23(21-12-6-3-7-13-21)22-14-8-4-9-15-22/h3-4,6-9,12-15,20,23,25H,5,10-11,16-19,27H2,1-2H3,(H,28,31)(H,29,30)/p+1/t25-/m1/s1. The number of carbonyl (C=O) groups is 2. The Hall–Kier alpha value is -2.66. The van der Waals surface area contributed by atoms with E-state index in [1.807, 2.05) is 50.2 Å². The first-order valence-corrected chi connectivity index (χ1v) is 11.5. The maximum Gasteiger partial charge on any atom is 0.242 e. The second-order valence-corrected chi connectivity index (χ2v) is 8.41. The highest BCUT2D eigenvalue weighted by atomic mass is 16.2. The summed E-state index contributed by atoms with van der Waals surface area (Å²) in [6.45, 7) is 5.37. The van der Waals surface area contributed by atoms with Crippen molar-refractivity contribution in [2.75, 3.05) is 13.1 Å². The minimum atomic E-state index is -0.507. The van der Waals surface area contributed by atoms with Crippen molar-refractivity contribution in [2.45, 2.75) is 57.9 Å². The van der Waals surface area contributed by atoms with Gasteiger partial charge < -0.3 is 16.4 Å². The molecule has 2 amide bonds. The molecule has 0 aromatic heterocycles. The van der Waals surface area contributed by atoms with Gasteiger partial charge in [0.2, 0.25) is 11.8 Å². The van der Waals surface area contributed by atoms with Crippen LogP contribution in [0.15, 0.2) is 60.7 Å². The lowest BCUT2D eigenvalue weighted by Crippen LogP contribution is -2.50. The van der Waals surface area contributed by atoms with E-state index in [0.29, 0.717) is 13.0 Å². The van der Waals surface area contributed by atoms with Gasteiger partial charge in [0, 0.05) is 18.9 Å². The molecule has 1 atom stereocenters. The summed E-state index contributed by atoms with van der Waals surface area (Å²) in [7, 11) is 0. The molecule has 0 spiro atoms.